The molecule has 0 aromatic heterocycles. The number of hydrogen-bond acceptors (Lipinski definition) is 2. The zero-order valence-corrected chi connectivity index (χ0v) is 4.34. The van der Waals surface area contributed by atoms with Crippen molar-refractivity contribution in [2.45, 2.75) is 13.8 Å². The Labute approximate surface area is 42.6 Å². The second-order valence-corrected chi connectivity index (χ2v) is 0.456. The van der Waals surface area contributed by atoms with E-state index in [1.54, 1.807) is 0 Å². The second-order valence-electron chi connectivity index (χ2n) is 0.456. The van der Waals surface area contributed by atoms with Gasteiger partial charge in [-0.3, -0.25) is 0 Å². The fourth-order valence-corrected chi connectivity index (χ4v) is 0. The van der Waals surface area contributed by atoms with Crippen LogP contribution in [0.1, 0.15) is 13.8 Å². The van der Waals surface area contributed by atoms with Crippen LogP contribution in [0.15, 0.2) is 0 Å². The summed E-state index contributed by atoms with van der Waals surface area (Å²) < 4.78 is 8.91. The average molecular weight is 102 g/mol. The van der Waals surface area contributed by atoms with E-state index in [0.717, 1.165) is 0 Å². The molecule has 0 unspecified atom stereocenters. The molecular weight excluding hydrogens is 94.8 g/mol. The molecule has 0 atom stereocenters. The van der Waals surface area contributed by atoms with Crippen LogP contribution < -0.4 is 0 Å². The third-order valence-electron chi connectivity index (χ3n) is 0.101. The molecule has 0 spiro atoms. The molecule has 7 heavy (non-hydrogen) atoms. The fourth-order valence-electron chi connectivity index (χ4n) is 0. The monoisotopic (exact) mass is 102 g/mol. The molecule has 0 bridgehead atoms. The molecule has 0 rings (SSSR count). The van der Waals surface area contributed by atoms with Gasteiger partial charge in [-0.15, -0.1) is 0 Å². The van der Waals surface area contributed by atoms with Crippen LogP contribution in [0.3, 0.4) is 0 Å². The summed E-state index contributed by atoms with van der Waals surface area (Å²) >= 11 is 0. The van der Waals surface area contributed by atoms with Gasteiger partial charge in [0.15, 0.2) is 0 Å². The van der Waals surface area contributed by atoms with E-state index in [0.29, 0.717) is 0 Å². The Morgan fingerprint density at radius 3 is 1.71 bits per heavy atom. The molecule has 0 aromatic carbocycles. The summed E-state index contributed by atoms with van der Waals surface area (Å²) in [5.41, 5.74) is 0. The Kier molecular flexibility index (Phi) is 12.4. The summed E-state index contributed by atoms with van der Waals surface area (Å²) in [6, 6.07) is 0. The van der Waals surface area contributed by atoms with Gasteiger partial charge in [0.2, 0.25) is 0 Å². The van der Waals surface area contributed by atoms with Crippen molar-refractivity contribution < 1.29 is 14.6 Å². The van der Waals surface area contributed by atoms with Gasteiger partial charge in [0, 0.05) is 0 Å². The number of rotatable bonds is 1. The summed E-state index contributed by atoms with van der Waals surface area (Å²) in [5, 5.41) is 7.35. The van der Waals surface area contributed by atoms with Gasteiger partial charge in [-0.1, -0.05) is 13.8 Å². The van der Waals surface area contributed by atoms with Gasteiger partial charge in [0.1, 0.15) is 0 Å². The molecule has 4 heteroatoms. The first-order chi connectivity index (χ1) is 3.27. The Balaban J connectivity index is 0. The Bertz CT molecular complexity index is 61.2. The van der Waals surface area contributed by atoms with Crippen LogP contribution in [-0.2, 0) is 4.70 Å². The summed E-state index contributed by atoms with van der Waals surface area (Å²) in [4.78, 5) is 9.00. The van der Waals surface area contributed by atoms with Gasteiger partial charge in [0.05, 0.1) is 0 Å². The van der Waals surface area contributed by atoms with E-state index >= 15 is 0 Å². The van der Waals surface area contributed by atoms with E-state index in [4.69, 9.17) is 14.6 Å². The molecule has 1 N–H and O–H groups in total. The van der Waals surface area contributed by atoms with Gasteiger partial charge in [-0.25, -0.2) is 0 Å². The van der Waals surface area contributed by atoms with Crippen molar-refractivity contribution in [1.82, 2.24) is 0 Å². The molecule has 3 nitrogen and oxygen atoms in total. The van der Waals surface area contributed by atoms with Crippen LogP contribution in [0, 0.1) is 0 Å². The van der Waals surface area contributed by atoms with Gasteiger partial charge in [-0.2, -0.15) is 0 Å². The first-order valence-corrected chi connectivity index (χ1v) is 1.95. The second kappa shape index (κ2) is 9.01. The minimum absolute atomic E-state index is 0.167. The van der Waals surface area contributed by atoms with Gasteiger partial charge >= 0.3 is 27.6 Å². The molecular formula is C3H7BO3. The first-order valence-electron chi connectivity index (χ1n) is 1.95. The SMILES string of the molecule is CC.O=BC(=O)O. The van der Waals surface area contributed by atoms with E-state index in [1.807, 2.05) is 13.8 Å². The summed E-state index contributed by atoms with van der Waals surface area (Å²) in [6.45, 7) is 4.00. The molecule has 0 saturated carbocycles. The van der Waals surface area contributed by atoms with Gasteiger partial charge < -0.3 is 0 Å². The molecule has 0 aliphatic heterocycles. The fraction of sp³-hybridized carbons (Fsp3) is 0.667. The van der Waals surface area contributed by atoms with Crippen LogP contribution in [-0.4, -0.2) is 18.1 Å². The molecule has 0 aromatic rings. The topological polar surface area (TPSA) is 54.4 Å². The van der Waals surface area contributed by atoms with Crippen molar-refractivity contribution in [1.29, 1.82) is 0 Å². The molecule has 0 fully saturated rings. The molecule has 0 amide bonds. The number of carbonyl (C=O) groups is 1. The van der Waals surface area contributed by atoms with Crippen LogP contribution in [0.2, 0.25) is 0 Å². The van der Waals surface area contributed by atoms with Crippen LogP contribution in [0.4, 0.5) is 4.79 Å². The average Bonchev–Trinajstić information content (AvgIpc) is 1.73. The molecule has 40 valence electrons. The summed E-state index contributed by atoms with van der Waals surface area (Å²) in [6.07, 6.45) is 0. The van der Waals surface area contributed by atoms with Gasteiger partial charge in [-0.05, 0) is 0 Å². The van der Waals surface area contributed by atoms with Crippen molar-refractivity contribution in [3.05, 3.63) is 0 Å². The molecule has 0 radical (unpaired) electrons. The maximum atomic E-state index is 9.00. The van der Waals surface area contributed by atoms with E-state index < -0.39 is 5.87 Å². The molecule has 0 saturated heterocycles. The molecule has 0 heterocycles. The quantitative estimate of drug-likeness (QED) is 0.496. The zero-order chi connectivity index (χ0) is 6.28. The minimum atomic E-state index is -1.43. The van der Waals surface area contributed by atoms with E-state index in [1.165, 1.54) is 0 Å². The van der Waals surface area contributed by atoms with Crippen molar-refractivity contribution >= 4 is 13.0 Å². The Hall–Kier alpha value is -0.665. The van der Waals surface area contributed by atoms with Crippen LogP contribution in [0.25, 0.3) is 0 Å². The van der Waals surface area contributed by atoms with Crippen LogP contribution >= 0.6 is 0 Å². The van der Waals surface area contributed by atoms with E-state index in [-0.39, 0.29) is 7.15 Å². The van der Waals surface area contributed by atoms with Crippen LogP contribution in [0.5, 0.6) is 0 Å². The van der Waals surface area contributed by atoms with E-state index in [9.17, 15) is 0 Å². The molecule has 0 aliphatic carbocycles. The standard InChI is InChI=1S/C2H6.CHBO3/c1-2;3-1(4)2-5/h1-2H3;(H,3,4). The predicted octanol–water partition coefficient (Wildman–Crippen LogP) is 0.740. The zero-order valence-electron chi connectivity index (χ0n) is 4.34. The predicted molar refractivity (Wildman–Crippen MR) is 25.8 cm³/mol. The summed E-state index contributed by atoms with van der Waals surface area (Å²) in [5.74, 6) is -1.43. The Morgan fingerprint density at radius 2 is 1.71 bits per heavy atom. The number of hydrogen-bond donors (Lipinski definition) is 1. The van der Waals surface area contributed by atoms with Crippen molar-refractivity contribution in [2.24, 2.45) is 0 Å². The third-order valence-corrected chi connectivity index (χ3v) is 0.101. The first kappa shape index (κ1) is 9.59. The summed E-state index contributed by atoms with van der Waals surface area (Å²) in [7, 11) is -0.167. The van der Waals surface area contributed by atoms with Crippen molar-refractivity contribution in [3.63, 3.8) is 0 Å². The van der Waals surface area contributed by atoms with E-state index in [2.05, 4.69) is 0 Å². The van der Waals surface area contributed by atoms with Crippen molar-refractivity contribution in [3.8, 4) is 0 Å². The normalized spacial score (nSPS) is 4.86. The maximum absolute atomic E-state index is 9.00. The van der Waals surface area contributed by atoms with Gasteiger partial charge in [0.25, 0.3) is 0 Å². The molecule has 0 aliphatic rings. The number of carboxylic acid groups (broad SMARTS) is 1. The van der Waals surface area contributed by atoms with Crippen molar-refractivity contribution in [2.75, 3.05) is 0 Å². The Morgan fingerprint density at radius 1 is 1.57 bits per heavy atom. The third kappa shape index (κ3) is 33.3.